The molecule has 0 aromatic carbocycles. The molecule has 1 aliphatic carbocycles. The molecular formula is C13H18N2O. The lowest BCUT2D eigenvalue weighted by Crippen LogP contribution is -2.44. The Morgan fingerprint density at radius 2 is 2.06 bits per heavy atom. The largest absolute Gasteiger partial charge is 0.339 e. The maximum atomic E-state index is 12.3. The molecule has 0 bridgehead atoms. The van der Waals surface area contributed by atoms with Crippen LogP contribution in [-0.2, 0) is 19.4 Å². The predicted molar refractivity (Wildman–Crippen MR) is 62.6 cm³/mol. The zero-order valence-corrected chi connectivity index (χ0v) is 9.99. The van der Waals surface area contributed by atoms with Crippen molar-refractivity contribution in [3.05, 3.63) is 23.0 Å². The third-order valence-electron chi connectivity index (χ3n) is 3.83. The number of hydrogen-bond acceptors (Lipinski definition) is 1. The monoisotopic (exact) mass is 218 g/mol. The highest BCUT2D eigenvalue weighted by molar-refractivity contribution is 5.94. The third kappa shape index (κ3) is 1.24. The van der Waals surface area contributed by atoms with Gasteiger partial charge in [0.2, 0.25) is 0 Å². The van der Waals surface area contributed by atoms with Crippen molar-refractivity contribution >= 4 is 5.91 Å². The van der Waals surface area contributed by atoms with Gasteiger partial charge in [-0.25, -0.2) is 0 Å². The molecule has 86 valence electrons. The van der Waals surface area contributed by atoms with E-state index in [0.717, 1.165) is 31.6 Å². The summed E-state index contributed by atoms with van der Waals surface area (Å²) in [5.74, 6) is 0.218. The molecule has 1 aromatic heterocycles. The molecule has 16 heavy (non-hydrogen) atoms. The molecule has 2 aliphatic rings. The molecule has 3 rings (SSSR count). The zero-order chi connectivity index (χ0) is 11.3. The molecule has 0 spiro atoms. The Hall–Kier alpha value is -1.25. The lowest BCUT2D eigenvalue weighted by Gasteiger charge is -2.32. The number of nitrogens with zero attached hydrogens (tertiary/aromatic N) is 2. The van der Waals surface area contributed by atoms with E-state index in [1.54, 1.807) is 0 Å². The van der Waals surface area contributed by atoms with Gasteiger partial charge in [0, 0.05) is 24.8 Å². The normalized spacial score (nSPS) is 19.2. The first-order valence-electron chi connectivity index (χ1n) is 6.20. The number of amides is 1. The molecule has 3 heteroatoms. The highest BCUT2D eigenvalue weighted by Gasteiger charge is 2.30. The molecule has 0 saturated carbocycles. The van der Waals surface area contributed by atoms with Crippen molar-refractivity contribution in [2.45, 2.75) is 45.7 Å². The van der Waals surface area contributed by atoms with E-state index in [2.05, 4.69) is 24.5 Å². The van der Waals surface area contributed by atoms with Crippen molar-refractivity contribution in [1.29, 1.82) is 0 Å². The van der Waals surface area contributed by atoms with E-state index >= 15 is 0 Å². The third-order valence-corrected chi connectivity index (χ3v) is 3.83. The highest BCUT2D eigenvalue weighted by Crippen LogP contribution is 2.29. The first-order valence-corrected chi connectivity index (χ1v) is 6.20. The fourth-order valence-corrected chi connectivity index (χ4v) is 2.98. The molecule has 1 aliphatic heterocycles. The van der Waals surface area contributed by atoms with Crippen LogP contribution in [0.4, 0.5) is 0 Å². The average molecular weight is 218 g/mol. The van der Waals surface area contributed by atoms with Gasteiger partial charge in [0.25, 0.3) is 5.91 Å². The Kier molecular flexibility index (Phi) is 2.09. The number of carbonyl (C=O) groups is 1. The Morgan fingerprint density at radius 3 is 2.81 bits per heavy atom. The van der Waals surface area contributed by atoms with Crippen LogP contribution in [-0.4, -0.2) is 28.0 Å². The van der Waals surface area contributed by atoms with Gasteiger partial charge < -0.3 is 9.47 Å². The summed E-state index contributed by atoms with van der Waals surface area (Å²) >= 11 is 0. The van der Waals surface area contributed by atoms with Crippen LogP contribution in [0.5, 0.6) is 0 Å². The van der Waals surface area contributed by atoms with E-state index in [-0.39, 0.29) is 5.91 Å². The molecule has 0 atom stereocenters. The Morgan fingerprint density at radius 1 is 1.25 bits per heavy atom. The summed E-state index contributed by atoms with van der Waals surface area (Å²) < 4.78 is 2.25. The number of aromatic nitrogens is 1. The quantitative estimate of drug-likeness (QED) is 0.706. The molecule has 1 aromatic rings. The average Bonchev–Trinajstić information content (AvgIpc) is 2.78. The lowest BCUT2D eigenvalue weighted by molar-refractivity contribution is 0.0648. The lowest BCUT2D eigenvalue weighted by atomic mass is 10.2. The topological polar surface area (TPSA) is 25.2 Å². The van der Waals surface area contributed by atoms with Crippen LogP contribution in [0.3, 0.4) is 0 Å². The van der Waals surface area contributed by atoms with Crippen molar-refractivity contribution in [2.24, 2.45) is 0 Å². The van der Waals surface area contributed by atoms with Gasteiger partial charge in [0.15, 0.2) is 0 Å². The summed E-state index contributed by atoms with van der Waals surface area (Å²) in [4.78, 5) is 14.2. The van der Waals surface area contributed by atoms with Gasteiger partial charge in [-0.15, -0.1) is 0 Å². The van der Waals surface area contributed by atoms with Crippen molar-refractivity contribution in [1.82, 2.24) is 9.47 Å². The minimum absolute atomic E-state index is 0.218. The van der Waals surface area contributed by atoms with E-state index in [0.29, 0.717) is 6.04 Å². The van der Waals surface area contributed by atoms with Crippen molar-refractivity contribution in [2.75, 3.05) is 6.54 Å². The molecule has 0 N–H and O–H groups in total. The van der Waals surface area contributed by atoms with Gasteiger partial charge in [-0.3, -0.25) is 4.79 Å². The SMILES string of the molecule is CC(C)N1CCn2c(cc3c2CCC3)C1=O. The molecule has 0 saturated heterocycles. The molecule has 1 amide bonds. The predicted octanol–water partition coefficient (Wildman–Crippen LogP) is 1.84. The smallest absolute Gasteiger partial charge is 0.270 e. The number of carbonyl (C=O) groups excluding carboxylic acids is 1. The molecule has 3 nitrogen and oxygen atoms in total. The van der Waals surface area contributed by atoms with Crippen LogP contribution in [0.25, 0.3) is 0 Å². The first-order chi connectivity index (χ1) is 7.68. The summed E-state index contributed by atoms with van der Waals surface area (Å²) in [6.45, 7) is 6.02. The van der Waals surface area contributed by atoms with Gasteiger partial charge in [-0.05, 0) is 44.7 Å². The van der Waals surface area contributed by atoms with Gasteiger partial charge in [-0.2, -0.15) is 0 Å². The maximum absolute atomic E-state index is 12.3. The van der Waals surface area contributed by atoms with Crippen LogP contribution >= 0.6 is 0 Å². The van der Waals surface area contributed by atoms with E-state index in [9.17, 15) is 4.79 Å². The van der Waals surface area contributed by atoms with Crippen molar-refractivity contribution in [3.8, 4) is 0 Å². The number of fused-ring (bicyclic) bond motifs is 3. The summed E-state index contributed by atoms with van der Waals surface area (Å²) in [6, 6.07) is 2.44. The van der Waals surface area contributed by atoms with Crippen LogP contribution < -0.4 is 0 Å². The summed E-state index contributed by atoms with van der Waals surface area (Å²) in [7, 11) is 0. The van der Waals surface area contributed by atoms with Gasteiger partial charge in [0.1, 0.15) is 5.69 Å². The first kappa shape index (κ1) is 9.94. The standard InChI is InChI=1S/C13H18N2O/c1-9(2)14-6-7-15-11-5-3-4-10(11)8-12(15)13(14)16/h8-9H,3-7H2,1-2H3. The van der Waals surface area contributed by atoms with E-state index < -0.39 is 0 Å². The fraction of sp³-hybridized carbons (Fsp3) is 0.615. The minimum atomic E-state index is 0.218. The summed E-state index contributed by atoms with van der Waals surface area (Å²) in [5, 5.41) is 0. The zero-order valence-electron chi connectivity index (χ0n) is 9.99. The van der Waals surface area contributed by atoms with E-state index in [1.165, 1.54) is 17.7 Å². The second kappa shape index (κ2) is 3.37. The number of rotatable bonds is 1. The fourth-order valence-electron chi connectivity index (χ4n) is 2.98. The van der Waals surface area contributed by atoms with Gasteiger partial charge in [0.05, 0.1) is 0 Å². The maximum Gasteiger partial charge on any atom is 0.270 e. The van der Waals surface area contributed by atoms with Crippen molar-refractivity contribution in [3.63, 3.8) is 0 Å². The van der Waals surface area contributed by atoms with E-state index in [1.807, 2.05) is 4.90 Å². The number of hydrogen-bond donors (Lipinski definition) is 0. The minimum Gasteiger partial charge on any atom is -0.339 e. The van der Waals surface area contributed by atoms with Crippen LogP contribution in [0.15, 0.2) is 6.07 Å². The second-order valence-corrected chi connectivity index (χ2v) is 5.10. The van der Waals surface area contributed by atoms with Crippen LogP contribution in [0.2, 0.25) is 0 Å². The second-order valence-electron chi connectivity index (χ2n) is 5.10. The Bertz CT molecular complexity index is 445. The van der Waals surface area contributed by atoms with Crippen LogP contribution in [0, 0.1) is 0 Å². The van der Waals surface area contributed by atoms with Crippen molar-refractivity contribution < 1.29 is 4.79 Å². The molecule has 2 heterocycles. The highest BCUT2D eigenvalue weighted by atomic mass is 16.2. The Balaban J connectivity index is 2.03. The van der Waals surface area contributed by atoms with Gasteiger partial charge in [-0.1, -0.05) is 0 Å². The summed E-state index contributed by atoms with van der Waals surface area (Å²) in [5.41, 5.74) is 3.75. The van der Waals surface area contributed by atoms with Gasteiger partial charge >= 0.3 is 0 Å². The molecule has 0 fully saturated rings. The molecule has 0 radical (unpaired) electrons. The molecule has 0 unspecified atom stereocenters. The van der Waals surface area contributed by atoms with E-state index in [4.69, 9.17) is 0 Å². The molecular weight excluding hydrogens is 200 g/mol. The summed E-state index contributed by atoms with van der Waals surface area (Å²) in [6.07, 6.45) is 3.57. The Labute approximate surface area is 96.0 Å². The van der Waals surface area contributed by atoms with Crippen LogP contribution in [0.1, 0.15) is 42.0 Å². The number of aryl methyl sites for hydroxylation is 1.